The number of anilines is 1. The fourth-order valence-electron chi connectivity index (χ4n) is 2.31. The van der Waals surface area contributed by atoms with E-state index in [2.05, 4.69) is 24.2 Å². The maximum atomic E-state index is 12.0. The van der Waals surface area contributed by atoms with Gasteiger partial charge in [-0.05, 0) is 24.0 Å². The summed E-state index contributed by atoms with van der Waals surface area (Å²) in [6.07, 6.45) is 1.96. The lowest BCUT2D eigenvalue weighted by Crippen LogP contribution is -2.21. The van der Waals surface area contributed by atoms with Gasteiger partial charge in [0.2, 0.25) is 0 Å². The molecule has 0 unspecified atom stereocenters. The topological polar surface area (TPSA) is 44.7 Å². The number of carbonyl (C=O) groups is 1. The largest absolute Gasteiger partial charge is 0.363 e. The summed E-state index contributed by atoms with van der Waals surface area (Å²) < 4.78 is 0. The van der Waals surface area contributed by atoms with Crippen LogP contribution in [0.5, 0.6) is 0 Å². The van der Waals surface area contributed by atoms with Crippen molar-refractivity contribution in [1.82, 2.24) is 4.90 Å². The predicted octanol–water partition coefficient (Wildman–Crippen LogP) is 3.47. The van der Waals surface area contributed by atoms with Crippen LogP contribution in [0.4, 0.5) is 10.5 Å². The van der Waals surface area contributed by atoms with Crippen molar-refractivity contribution in [3.05, 3.63) is 29.8 Å². The Morgan fingerprint density at radius 3 is 2.74 bits per heavy atom. The van der Waals surface area contributed by atoms with E-state index in [4.69, 9.17) is 0 Å². The van der Waals surface area contributed by atoms with Crippen molar-refractivity contribution in [2.24, 2.45) is 4.99 Å². The van der Waals surface area contributed by atoms with Crippen LogP contribution >= 0.6 is 0 Å². The van der Waals surface area contributed by atoms with E-state index in [-0.39, 0.29) is 6.03 Å². The minimum absolute atomic E-state index is 0.281. The lowest BCUT2D eigenvalue weighted by molar-refractivity contribution is 0.259. The Morgan fingerprint density at radius 1 is 1.37 bits per heavy atom. The van der Waals surface area contributed by atoms with Crippen LogP contribution in [0.15, 0.2) is 29.3 Å². The molecule has 0 saturated carbocycles. The highest BCUT2D eigenvalue weighted by Gasteiger charge is 2.16. The van der Waals surface area contributed by atoms with Gasteiger partial charge in [-0.3, -0.25) is 0 Å². The second kappa shape index (κ2) is 5.87. The number of likely N-dealkylation sites (tertiary alicyclic amines) is 1. The van der Waals surface area contributed by atoms with E-state index in [0.29, 0.717) is 5.92 Å². The summed E-state index contributed by atoms with van der Waals surface area (Å²) in [5, 5.41) is 2.89. The van der Waals surface area contributed by atoms with Gasteiger partial charge in [0.15, 0.2) is 0 Å². The molecule has 0 radical (unpaired) electrons. The zero-order valence-corrected chi connectivity index (χ0v) is 11.8. The summed E-state index contributed by atoms with van der Waals surface area (Å²) in [5.41, 5.74) is 1.99. The van der Waals surface area contributed by atoms with Gasteiger partial charge in [-0.25, -0.2) is 4.79 Å². The summed E-state index contributed by atoms with van der Waals surface area (Å²) in [4.78, 5) is 18.1. The zero-order valence-electron chi connectivity index (χ0n) is 11.8. The third kappa shape index (κ3) is 3.34. The number of urea groups is 1. The van der Waals surface area contributed by atoms with Crippen molar-refractivity contribution in [1.29, 1.82) is 0 Å². The molecular formula is C15H21N3O. The Labute approximate surface area is 114 Å². The highest BCUT2D eigenvalue weighted by Crippen LogP contribution is 2.23. The van der Waals surface area contributed by atoms with Crippen molar-refractivity contribution < 1.29 is 4.79 Å². The van der Waals surface area contributed by atoms with E-state index >= 15 is 0 Å². The first kappa shape index (κ1) is 13.6. The van der Waals surface area contributed by atoms with Crippen molar-refractivity contribution in [2.75, 3.05) is 18.9 Å². The molecule has 0 spiro atoms. The molecule has 1 fully saturated rings. The molecule has 0 aliphatic carbocycles. The van der Waals surface area contributed by atoms with Crippen LogP contribution in [0.3, 0.4) is 0 Å². The van der Waals surface area contributed by atoms with Gasteiger partial charge < -0.3 is 10.2 Å². The summed E-state index contributed by atoms with van der Waals surface area (Å²) in [6, 6.07) is 7.59. The van der Waals surface area contributed by atoms with Crippen LogP contribution in [0.2, 0.25) is 0 Å². The number of nitrogens with zero attached hydrogens (tertiary/aromatic N) is 2. The Morgan fingerprint density at radius 2 is 2.11 bits per heavy atom. The highest BCUT2D eigenvalue weighted by atomic mass is 16.2. The lowest BCUT2D eigenvalue weighted by atomic mass is 10.0. The normalized spacial score (nSPS) is 17.3. The molecule has 1 heterocycles. The van der Waals surface area contributed by atoms with Gasteiger partial charge in [-0.1, -0.05) is 32.0 Å². The number of rotatable bonds is 2. The van der Waals surface area contributed by atoms with E-state index in [0.717, 1.165) is 36.5 Å². The van der Waals surface area contributed by atoms with Crippen molar-refractivity contribution in [2.45, 2.75) is 32.6 Å². The molecular weight excluding hydrogens is 238 g/mol. The van der Waals surface area contributed by atoms with Crippen LogP contribution in [0.25, 0.3) is 0 Å². The van der Waals surface area contributed by atoms with E-state index in [1.165, 1.54) is 0 Å². The maximum absolute atomic E-state index is 12.0. The first-order chi connectivity index (χ1) is 9.08. The molecule has 0 bridgehead atoms. The third-order valence-corrected chi connectivity index (χ3v) is 3.39. The van der Waals surface area contributed by atoms with Crippen molar-refractivity contribution in [3.63, 3.8) is 0 Å². The Kier molecular flexibility index (Phi) is 4.20. The number of hydrogen-bond donors (Lipinski definition) is 1. The van der Waals surface area contributed by atoms with E-state index < -0.39 is 0 Å². The average molecular weight is 259 g/mol. The molecule has 102 valence electrons. The SMILES string of the molecule is CC(C)c1ccccc1NC(=O)N=C1CCCN1C. The number of aliphatic imine (C=N–C) groups is 1. The number of amides is 2. The molecule has 2 amide bonds. The van der Waals surface area contributed by atoms with Gasteiger partial charge >= 0.3 is 6.03 Å². The zero-order chi connectivity index (χ0) is 13.8. The van der Waals surface area contributed by atoms with Crippen LogP contribution < -0.4 is 5.32 Å². The second-order valence-corrected chi connectivity index (χ2v) is 5.23. The van der Waals surface area contributed by atoms with Gasteiger partial charge in [0, 0.05) is 25.7 Å². The Hall–Kier alpha value is -1.84. The van der Waals surface area contributed by atoms with Crippen LogP contribution in [-0.2, 0) is 0 Å². The number of amidine groups is 1. The molecule has 1 aromatic carbocycles. The lowest BCUT2D eigenvalue weighted by Gasteiger charge is -2.13. The summed E-state index contributed by atoms with van der Waals surface area (Å²) in [6.45, 7) is 5.21. The molecule has 0 aromatic heterocycles. The summed E-state index contributed by atoms with van der Waals surface area (Å²) in [7, 11) is 1.97. The van der Waals surface area contributed by atoms with Gasteiger partial charge in [-0.15, -0.1) is 0 Å². The minimum atomic E-state index is -0.281. The van der Waals surface area contributed by atoms with Crippen molar-refractivity contribution in [3.8, 4) is 0 Å². The molecule has 4 heteroatoms. The summed E-state index contributed by atoms with van der Waals surface area (Å²) in [5.74, 6) is 1.25. The molecule has 19 heavy (non-hydrogen) atoms. The molecule has 0 atom stereocenters. The first-order valence-corrected chi connectivity index (χ1v) is 6.76. The predicted molar refractivity (Wildman–Crippen MR) is 78.8 cm³/mol. The molecule has 2 rings (SSSR count). The molecule has 1 aromatic rings. The van der Waals surface area contributed by atoms with E-state index in [1.54, 1.807) is 0 Å². The monoisotopic (exact) mass is 259 g/mol. The van der Waals surface area contributed by atoms with Gasteiger partial charge in [-0.2, -0.15) is 4.99 Å². The average Bonchev–Trinajstić information content (AvgIpc) is 2.75. The molecule has 1 saturated heterocycles. The summed E-state index contributed by atoms with van der Waals surface area (Å²) >= 11 is 0. The van der Waals surface area contributed by atoms with Crippen LogP contribution in [-0.4, -0.2) is 30.4 Å². The van der Waals surface area contributed by atoms with Crippen molar-refractivity contribution >= 4 is 17.6 Å². The first-order valence-electron chi connectivity index (χ1n) is 6.76. The molecule has 1 aliphatic heterocycles. The Bertz CT molecular complexity index is 494. The van der Waals surface area contributed by atoms with Gasteiger partial charge in [0.25, 0.3) is 0 Å². The van der Waals surface area contributed by atoms with Crippen LogP contribution in [0, 0.1) is 0 Å². The third-order valence-electron chi connectivity index (χ3n) is 3.39. The van der Waals surface area contributed by atoms with Gasteiger partial charge in [0.05, 0.1) is 0 Å². The molecule has 1 aliphatic rings. The number of para-hydroxylation sites is 1. The number of carbonyl (C=O) groups excluding carboxylic acids is 1. The van der Waals surface area contributed by atoms with Crippen LogP contribution in [0.1, 0.15) is 38.2 Å². The number of hydrogen-bond acceptors (Lipinski definition) is 1. The van der Waals surface area contributed by atoms with Gasteiger partial charge in [0.1, 0.15) is 5.84 Å². The number of nitrogens with one attached hydrogen (secondary N) is 1. The smallest absolute Gasteiger partial charge is 0.347 e. The standard InChI is InChI=1S/C15H21N3O/c1-11(2)12-7-4-5-8-13(12)16-15(19)17-14-9-6-10-18(14)3/h4-5,7-8,11H,6,9-10H2,1-3H3,(H,16,19). The maximum Gasteiger partial charge on any atom is 0.347 e. The molecule has 4 nitrogen and oxygen atoms in total. The quantitative estimate of drug-likeness (QED) is 0.884. The molecule has 1 N–H and O–H groups in total. The van der Waals surface area contributed by atoms with E-state index in [9.17, 15) is 4.79 Å². The fourth-order valence-corrected chi connectivity index (χ4v) is 2.31. The number of benzene rings is 1. The minimum Gasteiger partial charge on any atom is -0.363 e. The Balaban J connectivity index is 2.11. The highest BCUT2D eigenvalue weighted by molar-refractivity contribution is 6.00. The fraction of sp³-hybridized carbons (Fsp3) is 0.467. The van der Waals surface area contributed by atoms with E-state index in [1.807, 2.05) is 36.2 Å². The second-order valence-electron chi connectivity index (χ2n) is 5.23.